The number of hydrogen-bond donors (Lipinski definition) is 1. The largest absolute Gasteiger partial charge is 0.339 e. The van der Waals surface area contributed by atoms with E-state index in [1.807, 2.05) is 0 Å². The first-order chi connectivity index (χ1) is 18.9. The van der Waals surface area contributed by atoms with Crippen molar-refractivity contribution in [3.63, 3.8) is 0 Å². The Labute approximate surface area is 239 Å². The van der Waals surface area contributed by atoms with E-state index < -0.39 is 0 Å². The van der Waals surface area contributed by atoms with Crippen LogP contribution in [0.25, 0.3) is 11.1 Å². The minimum atomic E-state index is 0.0873. The fourth-order valence-corrected chi connectivity index (χ4v) is 6.43. The van der Waals surface area contributed by atoms with E-state index in [0.29, 0.717) is 6.04 Å². The summed E-state index contributed by atoms with van der Waals surface area (Å²) in [5, 5.41) is 3.71. The molecular weight excluding hydrogens is 472 g/mol. The summed E-state index contributed by atoms with van der Waals surface area (Å²) in [5.41, 5.74) is 8.57. The Morgan fingerprint density at radius 1 is 0.795 bits per heavy atom. The summed E-state index contributed by atoms with van der Waals surface area (Å²) in [4.78, 5) is 2.67. The van der Waals surface area contributed by atoms with Crippen LogP contribution in [0.5, 0.6) is 0 Å². The summed E-state index contributed by atoms with van der Waals surface area (Å²) in [6.45, 7) is 15.1. The Balaban J connectivity index is 1.63. The van der Waals surface area contributed by atoms with Crippen molar-refractivity contribution in [2.45, 2.75) is 116 Å². The Bertz CT molecular complexity index is 1150. The van der Waals surface area contributed by atoms with Gasteiger partial charge in [0.05, 0.1) is 0 Å². The first kappa shape index (κ1) is 29.4. The van der Waals surface area contributed by atoms with Gasteiger partial charge < -0.3 is 10.2 Å². The van der Waals surface area contributed by atoms with Crippen molar-refractivity contribution < 1.29 is 0 Å². The standard InChI is InChI=1S/C37H52N2/c1-7-11-25-36(5,9-3)32-20-15-29(16-21-32)30-17-22-33(23-18-30)39(37(6,10-4)26-12-8-2)34-24-19-31-14-13-27-38-35(31)28-34/h13-24,35,38H,7-12,25-28H2,1-6H3. The van der Waals surface area contributed by atoms with Crippen LogP contribution in [0.3, 0.4) is 0 Å². The monoisotopic (exact) mass is 524 g/mol. The van der Waals surface area contributed by atoms with E-state index in [1.54, 1.807) is 0 Å². The van der Waals surface area contributed by atoms with Crippen molar-refractivity contribution in [2.75, 3.05) is 11.4 Å². The molecule has 210 valence electrons. The third-order valence-electron chi connectivity index (χ3n) is 9.64. The highest BCUT2D eigenvalue weighted by atomic mass is 15.2. The third kappa shape index (κ3) is 6.60. The normalized spacial score (nSPS) is 19.9. The van der Waals surface area contributed by atoms with Gasteiger partial charge in [0.1, 0.15) is 0 Å². The lowest BCUT2D eigenvalue weighted by atomic mass is 9.76. The average molecular weight is 525 g/mol. The fourth-order valence-electron chi connectivity index (χ4n) is 6.43. The highest BCUT2D eigenvalue weighted by molar-refractivity contribution is 5.68. The molecule has 39 heavy (non-hydrogen) atoms. The van der Waals surface area contributed by atoms with E-state index >= 15 is 0 Å². The molecule has 0 saturated heterocycles. The van der Waals surface area contributed by atoms with Crippen LogP contribution < -0.4 is 10.2 Å². The van der Waals surface area contributed by atoms with E-state index in [2.05, 4.69) is 125 Å². The van der Waals surface area contributed by atoms with Crippen LogP contribution in [0.4, 0.5) is 5.69 Å². The number of fused-ring (bicyclic) bond motifs is 1. The van der Waals surface area contributed by atoms with Crippen LogP contribution in [0.2, 0.25) is 0 Å². The molecule has 2 aromatic rings. The predicted molar refractivity (Wildman–Crippen MR) is 171 cm³/mol. The third-order valence-corrected chi connectivity index (χ3v) is 9.64. The van der Waals surface area contributed by atoms with Crippen molar-refractivity contribution in [2.24, 2.45) is 0 Å². The zero-order chi connectivity index (χ0) is 27.9. The van der Waals surface area contributed by atoms with Gasteiger partial charge in [-0.25, -0.2) is 0 Å². The molecule has 3 unspecified atom stereocenters. The van der Waals surface area contributed by atoms with Crippen molar-refractivity contribution in [1.29, 1.82) is 0 Å². The van der Waals surface area contributed by atoms with E-state index in [1.165, 1.54) is 78.6 Å². The molecule has 2 aromatic carbocycles. The molecule has 1 aliphatic heterocycles. The van der Waals surface area contributed by atoms with Crippen molar-refractivity contribution >= 4 is 5.69 Å². The van der Waals surface area contributed by atoms with Crippen molar-refractivity contribution in [3.8, 4) is 11.1 Å². The molecule has 0 saturated carbocycles. The molecule has 1 heterocycles. The molecule has 0 spiro atoms. The number of benzene rings is 2. The fraction of sp³-hybridized carbons (Fsp3) is 0.514. The second-order valence-corrected chi connectivity index (χ2v) is 12.3. The number of anilines is 1. The SMILES string of the molecule is CCCCC(C)(CC)c1ccc(-c2ccc(N(C3=CC=C4C=CCNC4C3)C(C)(CC)CCCC)cc2)cc1. The van der Waals surface area contributed by atoms with Crippen molar-refractivity contribution in [3.05, 3.63) is 89.7 Å². The van der Waals surface area contributed by atoms with Crippen molar-refractivity contribution in [1.82, 2.24) is 5.32 Å². The van der Waals surface area contributed by atoms with E-state index in [4.69, 9.17) is 0 Å². The maximum atomic E-state index is 3.71. The first-order valence-electron chi connectivity index (χ1n) is 15.7. The molecule has 4 rings (SSSR count). The molecule has 2 heteroatoms. The summed E-state index contributed by atoms with van der Waals surface area (Å²) < 4.78 is 0. The minimum absolute atomic E-state index is 0.0873. The predicted octanol–water partition coefficient (Wildman–Crippen LogP) is 10.1. The number of allylic oxidation sites excluding steroid dienone is 2. The summed E-state index contributed by atoms with van der Waals surface area (Å²) in [6, 6.07) is 19.2. The van der Waals surface area contributed by atoms with Gasteiger partial charge in [0.25, 0.3) is 0 Å². The molecular formula is C37H52N2. The van der Waals surface area contributed by atoms with Crippen LogP contribution in [-0.4, -0.2) is 18.1 Å². The summed E-state index contributed by atoms with van der Waals surface area (Å²) >= 11 is 0. The maximum absolute atomic E-state index is 3.71. The number of hydrogen-bond acceptors (Lipinski definition) is 2. The molecule has 0 aromatic heterocycles. The molecule has 0 bridgehead atoms. The highest BCUT2D eigenvalue weighted by Gasteiger charge is 2.34. The number of unbranched alkanes of at least 4 members (excludes halogenated alkanes) is 2. The van der Waals surface area contributed by atoms with Gasteiger partial charge >= 0.3 is 0 Å². The number of nitrogens with zero attached hydrogens (tertiary/aromatic N) is 1. The average Bonchev–Trinajstić information content (AvgIpc) is 2.99. The van der Waals surface area contributed by atoms with Crippen LogP contribution in [0.1, 0.15) is 105 Å². The van der Waals surface area contributed by atoms with Crippen LogP contribution in [0, 0.1) is 0 Å². The van der Waals surface area contributed by atoms with Crippen LogP contribution in [-0.2, 0) is 5.41 Å². The zero-order valence-corrected chi connectivity index (χ0v) is 25.5. The van der Waals surface area contributed by atoms with Crippen LogP contribution in [0.15, 0.2) is 84.1 Å². The molecule has 0 amide bonds. The number of nitrogens with one attached hydrogen (secondary N) is 1. The smallest absolute Gasteiger partial charge is 0.0417 e. The summed E-state index contributed by atoms with van der Waals surface area (Å²) in [6.07, 6.45) is 20.1. The topological polar surface area (TPSA) is 15.3 Å². The summed E-state index contributed by atoms with van der Waals surface area (Å²) in [7, 11) is 0. The molecule has 1 N–H and O–H groups in total. The number of rotatable bonds is 13. The molecule has 3 atom stereocenters. The Kier molecular flexibility index (Phi) is 9.94. The molecule has 2 aliphatic rings. The van der Waals surface area contributed by atoms with Gasteiger partial charge in [-0.1, -0.05) is 115 Å². The van der Waals surface area contributed by atoms with E-state index in [9.17, 15) is 0 Å². The minimum Gasteiger partial charge on any atom is -0.339 e. The van der Waals surface area contributed by atoms with Gasteiger partial charge in [0.2, 0.25) is 0 Å². The lowest BCUT2D eigenvalue weighted by molar-refractivity contribution is 0.378. The Morgan fingerprint density at radius 3 is 2.05 bits per heavy atom. The molecule has 0 radical (unpaired) electrons. The van der Waals surface area contributed by atoms with E-state index in [-0.39, 0.29) is 11.0 Å². The summed E-state index contributed by atoms with van der Waals surface area (Å²) in [5.74, 6) is 0. The van der Waals surface area contributed by atoms with Gasteiger partial charge in [-0.05, 0) is 78.5 Å². The van der Waals surface area contributed by atoms with Gasteiger partial charge in [0, 0.05) is 35.9 Å². The Hall–Kier alpha value is -2.58. The van der Waals surface area contributed by atoms with E-state index in [0.717, 1.165) is 19.4 Å². The second-order valence-electron chi connectivity index (χ2n) is 12.3. The van der Waals surface area contributed by atoms with Gasteiger partial charge in [-0.2, -0.15) is 0 Å². The first-order valence-corrected chi connectivity index (χ1v) is 15.7. The highest BCUT2D eigenvalue weighted by Crippen LogP contribution is 2.39. The maximum Gasteiger partial charge on any atom is 0.0417 e. The lowest BCUT2D eigenvalue weighted by Crippen LogP contribution is -2.48. The zero-order valence-electron chi connectivity index (χ0n) is 25.5. The lowest BCUT2D eigenvalue weighted by Gasteiger charge is -2.46. The molecule has 0 fully saturated rings. The molecule has 2 nitrogen and oxygen atoms in total. The second kappa shape index (κ2) is 13.2. The molecule has 1 aliphatic carbocycles. The van der Waals surface area contributed by atoms with Crippen LogP contribution >= 0.6 is 0 Å². The van der Waals surface area contributed by atoms with Gasteiger partial charge in [-0.3, -0.25) is 0 Å². The quantitative estimate of drug-likeness (QED) is 0.280. The van der Waals surface area contributed by atoms with Gasteiger partial charge in [0.15, 0.2) is 0 Å². The Morgan fingerprint density at radius 2 is 1.44 bits per heavy atom. The van der Waals surface area contributed by atoms with Gasteiger partial charge in [-0.15, -0.1) is 0 Å².